The van der Waals surface area contributed by atoms with Crippen LogP contribution in [0.5, 0.6) is 0 Å². The summed E-state index contributed by atoms with van der Waals surface area (Å²) in [5.74, 6) is -2.29. The fraction of sp³-hybridized carbons (Fsp3) is 0.0625. The first kappa shape index (κ1) is 45.7. The molecule has 0 amide bonds. The third kappa shape index (κ3) is 9.34. The monoisotopic (exact) mass is 959 g/mol. The van der Waals surface area contributed by atoms with Gasteiger partial charge in [0.25, 0.3) is 30.2 Å². The van der Waals surface area contributed by atoms with E-state index in [1.165, 1.54) is 84.9 Å². The van der Waals surface area contributed by atoms with Gasteiger partial charge in [-0.2, -0.15) is 8.42 Å². The zero-order chi connectivity index (χ0) is 48.0. The van der Waals surface area contributed by atoms with Crippen molar-refractivity contribution in [2.45, 2.75) is 35.5 Å². The van der Waals surface area contributed by atoms with Crippen LogP contribution in [0.15, 0.2) is 159 Å². The van der Waals surface area contributed by atoms with E-state index in [0.29, 0.717) is 67.0 Å². The number of aryl methyl sites for hydroxylation is 3. The number of carboxylic acid groups (broad SMARTS) is 2. The Balaban J connectivity index is 1.19. The van der Waals surface area contributed by atoms with Crippen molar-refractivity contribution < 1.29 is 59.0 Å². The fourth-order valence-electron chi connectivity index (χ4n) is 7.68. The van der Waals surface area contributed by atoms with Crippen LogP contribution in [-0.4, -0.2) is 52.0 Å². The van der Waals surface area contributed by atoms with Gasteiger partial charge in [-0.15, -0.1) is 0 Å². The smallest absolute Gasteiger partial charge is 0.337 e. The summed E-state index contributed by atoms with van der Waals surface area (Å²) >= 11 is 0. The average Bonchev–Trinajstić information content (AvgIpc) is 3.27. The summed E-state index contributed by atoms with van der Waals surface area (Å²) in [7, 11) is -13.1. The second kappa shape index (κ2) is 17.5. The van der Waals surface area contributed by atoms with Gasteiger partial charge in [0.05, 0.1) is 38.4 Å². The molecule has 0 saturated carbocycles. The summed E-state index contributed by atoms with van der Waals surface area (Å²) in [6.45, 7) is 5.12. The summed E-state index contributed by atoms with van der Waals surface area (Å²) in [5.41, 5.74) is 4.05. The Kier molecular flexibility index (Phi) is 12.0. The maximum atomic E-state index is 13.5. The van der Waals surface area contributed by atoms with Gasteiger partial charge in [0.2, 0.25) is 11.0 Å². The van der Waals surface area contributed by atoms with Crippen molar-refractivity contribution >= 4 is 81.5 Å². The second-order valence-electron chi connectivity index (χ2n) is 15.4. The van der Waals surface area contributed by atoms with Crippen molar-refractivity contribution in [3.05, 3.63) is 173 Å². The third-order valence-electron chi connectivity index (χ3n) is 10.8. The molecule has 19 heteroatoms. The van der Waals surface area contributed by atoms with E-state index < -0.39 is 42.1 Å². The number of anilines is 4. The number of fused-ring (bicyclic) bond motifs is 2. The van der Waals surface area contributed by atoms with Crippen LogP contribution in [0, 0.1) is 20.8 Å². The molecule has 1 heterocycles. The highest BCUT2D eigenvalue weighted by molar-refractivity contribution is 7.93. The maximum absolute atomic E-state index is 13.5. The first-order valence-corrected chi connectivity index (χ1v) is 24.5. The zero-order valence-electron chi connectivity index (χ0n) is 35.5. The number of para-hydroxylation sites is 2. The second-order valence-corrected chi connectivity index (χ2v) is 20.2. The molecule has 8 rings (SSSR count). The predicted octanol–water partition coefficient (Wildman–Crippen LogP) is 7.43. The topological polar surface area (TPSA) is 260 Å². The minimum Gasteiger partial charge on any atom is -0.478 e. The molecule has 0 unspecified atom stereocenters. The van der Waals surface area contributed by atoms with Gasteiger partial charge in [0, 0.05) is 56.7 Å². The lowest BCUT2D eigenvalue weighted by atomic mass is 9.93. The highest BCUT2D eigenvalue weighted by atomic mass is 32.2. The Morgan fingerprint density at radius 2 is 1.13 bits per heavy atom. The molecule has 1 aliphatic heterocycles. The van der Waals surface area contributed by atoms with E-state index in [1.54, 1.807) is 75.4 Å². The van der Waals surface area contributed by atoms with Crippen molar-refractivity contribution in [3.63, 3.8) is 0 Å². The lowest BCUT2D eigenvalue weighted by Gasteiger charge is -2.18. The standard InChI is InChI=1S/C48H38N4O12S3/c1-27-22-32(65(57,58)51-40-13-7-4-10-34(40)47(53)54)18-21-39(27)49-30-16-19-36-42(25-30)64-43-26-31(17-20-37(43)45(36)38-12-6-9-15-44(38)67(61,62)63)50-46-28(2)23-33(24-29(46)3)66(59,60)52-41-14-8-5-11-35(41)48(55)56/h4-26,49,51-52H,1-3H3,(H,53,54)(H,55,56)(H,61,62,63)/p+1. The Morgan fingerprint density at radius 3 is 1.73 bits per heavy atom. The number of sulfonamides is 2. The van der Waals surface area contributed by atoms with E-state index in [9.17, 15) is 49.6 Å². The summed E-state index contributed by atoms with van der Waals surface area (Å²) in [4.78, 5) is 26.2. The fourth-order valence-corrected chi connectivity index (χ4v) is 10.8. The molecule has 7 N–H and O–H groups in total. The number of benzene rings is 7. The predicted molar refractivity (Wildman–Crippen MR) is 251 cm³/mol. The number of hydrogen-bond acceptors (Lipinski definition) is 10. The van der Waals surface area contributed by atoms with E-state index in [4.69, 9.17) is 4.42 Å². The Hall–Kier alpha value is -7.84. The molecule has 16 nitrogen and oxygen atoms in total. The maximum Gasteiger partial charge on any atom is 0.337 e. The van der Waals surface area contributed by atoms with Crippen LogP contribution in [-0.2, 0) is 30.2 Å². The quantitative estimate of drug-likeness (QED) is 0.0439. The number of carboxylic acids is 2. The molecule has 67 heavy (non-hydrogen) atoms. The summed E-state index contributed by atoms with van der Waals surface area (Å²) in [6, 6.07) is 34.8. The Bertz CT molecular complexity index is 3720. The SMILES string of the molecule is Cc1cc(S(=O)(=O)Nc2ccccc2C(=O)O)ccc1Nc1ccc2c(-c3ccccc3S(=O)(=O)O)c3ccc(=[NH+]c4c(C)cc(S(=O)(=O)Nc5ccccc5C(=O)O)cc4C)cc-3oc2c1. The molecule has 0 aromatic heterocycles. The van der Waals surface area contributed by atoms with Gasteiger partial charge >= 0.3 is 11.9 Å². The average molecular weight is 960 g/mol. The lowest BCUT2D eigenvalue weighted by Crippen LogP contribution is -2.71. The van der Waals surface area contributed by atoms with Crippen LogP contribution in [0.4, 0.5) is 28.4 Å². The van der Waals surface area contributed by atoms with Crippen molar-refractivity contribution in [1.29, 1.82) is 0 Å². The number of hydrogen-bond donors (Lipinski definition) is 7. The lowest BCUT2D eigenvalue weighted by molar-refractivity contribution is -0.403. The van der Waals surface area contributed by atoms with Crippen LogP contribution in [0.2, 0.25) is 0 Å². The minimum atomic E-state index is -4.71. The number of aromatic carboxylic acids is 2. The van der Waals surface area contributed by atoms with Crippen molar-refractivity contribution in [1.82, 2.24) is 0 Å². The molecule has 0 saturated heterocycles. The van der Waals surface area contributed by atoms with E-state index in [-0.39, 0.29) is 42.8 Å². The molecule has 2 aliphatic rings. The highest BCUT2D eigenvalue weighted by Gasteiger charge is 2.26. The molecule has 0 fully saturated rings. The van der Waals surface area contributed by atoms with Crippen LogP contribution >= 0.6 is 0 Å². The number of carbonyl (C=O) groups is 2. The first-order valence-electron chi connectivity index (χ1n) is 20.1. The van der Waals surface area contributed by atoms with Crippen LogP contribution in [0.1, 0.15) is 37.4 Å². The zero-order valence-corrected chi connectivity index (χ0v) is 38.0. The van der Waals surface area contributed by atoms with Gasteiger partial charge in [-0.25, -0.2) is 31.4 Å². The van der Waals surface area contributed by atoms with Crippen LogP contribution in [0.3, 0.4) is 0 Å². The van der Waals surface area contributed by atoms with Gasteiger partial charge < -0.3 is 19.9 Å². The van der Waals surface area contributed by atoms with Crippen molar-refractivity contribution in [2.24, 2.45) is 0 Å². The number of rotatable bonds is 13. The summed E-state index contributed by atoms with van der Waals surface area (Å²) in [6.07, 6.45) is 0. The van der Waals surface area contributed by atoms with Gasteiger partial charge in [-0.3, -0.25) is 14.0 Å². The van der Waals surface area contributed by atoms with Crippen molar-refractivity contribution in [3.8, 4) is 22.5 Å². The highest BCUT2D eigenvalue weighted by Crippen LogP contribution is 2.43. The minimum absolute atomic E-state index is 0.0871. The van der Waals surface area contributed by atoms with Gasteiger partial charge in [-0.1, -0.05) is 42.5 Å². The molecule has 6 aromatic carbocycles. The van der Waals surface area contributed by atoms with E-state index >= 15 is 0 Å². The summed E-state index contributed by atoms with van der Waals surface area (Å²) in [5, 5.41) is 23.4. The third-order valence-corrected chi connectivity index (χ3v) is 14.5. The molecule has 0 radical (unpaired) electrons. The Labute approximate surface area is 384 Å². The normalized spacial score (nSPS) is 12.3. The van der Waals surface area contributed by atoms with E-state index in [2.05, 4.69) is 19.8 Å². The van der Waals surface area contributed by atoms with Gasteiger partial charge in [0.1, 0.15) is 16.2 Å². The van der Waals surface area contributed by atoms with E-state index in [0.717, 1.165) is 0 Å². The molecule has 0 atom stereocenters. The van der Waals surface area contributed by atoms with Gasteiger partial charge in [0.15, 0.2) is 0 Å². The van der Waals surface area contributed by atoms with Gasteiger partial charge in [-0.05, 0) is 105 Å². The molecule has 1 aliphatic carbocycles. The van der Waals surface area contributed by atoms with Crippen molar-refractivity contribution in [2.75, 3.05) is 14.8 Å². The van der Waals surface area contributed by atoms with Crippen LogP contribution < -0.4 is 25.1 Å². The molecule has 6 aromatic rings. The molecular weight excluding hydrogens is 921 g/mol. The molecular formula is C48H39N4O12S3+. The van der Waals surface area contributed by atoms with Crippen LogP contribution in [0.25, 0.3) is 33.4 Å². The largest absolute Gasteiger partial charge is 0.478 e. The molecule has 0 bridgehead atoms. The Morgan fingerprint density at radius 1 is 0.567 bits per heavy atom. The molecule has 0 spiro atoms. The number of nitrogens with one attached hydrogen (secondary N) is 4. The molecule has 340 valence electrons. The van der Waals surface area contributed by atoms with E-state index in [1.807, 2.05) is 0 Å². The summed E-state index contributed by atoms with van der Waals surface area (Å²) < 4.78 is 101. The first-order chi connectivity index (χ1) is 31.7.